The molecular weight excluding hydrogens is 294 g/mol. The third-order valence-corrected chi connectivity index (χ3v) is 5.12. The number of nitrogens with zero attached hydrogens (tertiary/aromatic N) is 3. The van der Waals surface area contributed by atoms with Crippen LogP contribution in [-0.2, 0) is 23.8 Å². The molecule has 20 heavy (non-hydrogen) atoms. The predicted octanol–water partition coefficient (Wildman–Crippen LogP) is 2.68. The highest BCUT2D eigenvalue weighted by atomic mass is 35.5. The van der Waals surface area contributed by atoms with Crippen molar-refractivity contribution in [3.05, 3.63) is 23.7 Å². The highest BCUT2D eigenvalue weighted by Gasteiger charge is 2.14. The number of fused-ring (bicyclic) bond motifs is 1. The molecule has 0 aromatic carbocycles. The van der Waals surface area contributed by atoms with Gasteiger partial charge in [0.2, 0.25) is 0 Å². The zero-order valence-corrected chi connectivity index (χ0v) is 13.7. The van der Waals surface area contributed by atoms with Crippen molar-refractivity contribution in [2.45, 2.75) is 38.5 Å². The summed E-state index contributed by atoms with van der Waals surface area (Å²) in [6.07, 6.45) is 5.13. The molecule has 0 aliphatic rings. The number of aryl methyl sites for hydroxylation is 3. The van der Waals surface area contributed by atoms with Gasteiger partial charge in [-0.15, -0.1) is 11.6 Å². The van der Waals surface area contributed by atoms with Gasteiger partial charge in [-0.1, -0.05) is 6.92 Å². The third-order valence-electron chi connectivity index (χ3n) is 3.56. The minimum Gasteiger partial charge on any atom is -0.313 e. The molecule has 0 amide bonds. The number of halogens is 1. The van der Waals surface area contributed by atoms with E-state index >= 15 is 0 Å². The molecule has 0 spiro atoms. The van der Waals surface area contributed by atoms with E-state index in [4.69, 9.17) is 11.6 Å². The van der Waals surface area contributed by atoms with Crippen molar-refractivity contribution in [3.8, 4) is 0 Å². The van der Waals surface area contributed by atoms with Crippen molar-refractivity contribution in [1.82, 2.24) is 14.5 Å². The molecule has 2 atom stereocenters. The van der Waals surface area contributed by atoms with Crippen molar-refractivity contribution in [3.63, 3.8) is 0 Å². The molecule has 2 aromatic rings. The van der Waals surface area contributed by atoms with Gasteiger partial charge in [0.15, 0.2) is 5.65 Å². The predicted molar refractivity (Wildman–Crippen MR) is 84.8 cm³/mol. The van der Waals surface area contributed by atoms with E-state index in [9.17, 15) is 4.21 Å². The lowest BCUT2D eigenvalue weighted by molar-refractivity contribution is 0.608. The van der Waals surface area contributed by atoms with E-state index < -0.39 is 10.8 Å². The third kappa shape index (κ3) is 3.20. The Morgan fingerprint density at radius 1 is 1.50 bits per heavy atom. The number of hydrogen-bond acceptors (Lipinski definition) is 3. The van der Waals surface area contributed by atoms with E-state index in [1.807, 2.05) is 26.1 Å². The van der Waals surface area contributed by atoms with Crippen LogP contribution >= 0.6 is 11.6 Å². The van der Waals surface area contributed by atoms with E-state index in [1.165, 1.54) is 0 Å². The number of alkyl halides is 1. The van der Waals surface area contributed by atoms with Crippen LogP contribution in [0.2, 0.25) is 0 Å². The molecule has 2 unspecified atom stereocenters. The van der Waals surface area contributed by atoms with E-state index in [2.05, 4.69) is 14.5 Å². The van der Waals surface area contributed by atoms with Crippen molar-refractivity contribution in [2.75, 3.05) is 12.1 Å². The summed E-state index contributed by atoms with van der Waals surface area (Å²) in [5, 5.41) is 0.168. The Labute approximate surface area is 127 Å². The van der Waals surface area contributed by atoms with E-state index in [-0.39, 0.29) is 5.25 Å². The Hall–Kier alpha value is -0.940. The zero-order valence-electron chi connectivity index (χ0n) is 12.1. The Bertz CT molecular complexity index is 626. The summed E-state index contributed by atoms with van der Waals surface area (Å²) in [6.45, 7) is 4.82. The van der Waals surface area contributed by atoms with Crippen LogP contribution in [-0.4, -0.2) is 36.1 Å². The van der Waals surface area contributed by atoms with Gasteiger partial charge in [0.25, 0.3) is 0 Å². The van der Waals surface area contributed by atoms with Crippen LogP contribution in [0, 0.1) is 6.92 Å². The average molecular weight is 314 g/mol. The van der Waals surface area contributed by atoms with Crippen LogP contribution in [0.25, 0.3) is 11.2 Å². The van der Waals surface area contributed by atoms with Crippen LogP contribution in [0.3, 0.4) is 0 Å². The minimum atomic E-state index is -0.801. The van der Waals surface area contributed by atoms with Crippen molar-refractivity contribution < 1.29 is 4.21 Å². The highest BCUT2D eigenvalue weighted by molar-refractivity contribution is 7.84. The fourth-order valence-corrected chi connectivity index (χ4v) is 2.78. The minimum absolute atomic E-state index is 0.168. The van der Waals surface area contributed by atoms with Gasteiger partial charge in [0.1, 0.15) is 11.3 Å². The molecule has 0 aliphatic carbocycles. The lowest BCUT2D eigenvalue weighted by Crippen LogP contribution is -2.14. The number of hydrogen-bond donors (Lipinski definition) is 0. The first-order chi connectivity index (χ1) is 9.54. The smallest absolute Gasteiger partial charge is 0.160 e. The van der Waals surface area contributed by atoms with Gasteiger partial charge in [0.05, 0.1) is 0 Å². The summed E-state index contributed by atoms with van der Waals surface area (Å²) >= 11 is 5.87. The molecule has 4 nitrogen and oxygen atoms in total. The van der Waals surface area contributed by atoms with Crippen LogP contribution in [0.15, 0.2) is 12.3 Å². The maximum absolute atomic E-state index is 11.5. The van der Waals surface area contributed by atoms with Crippen molar-refractivity contribution in [1.29, 1.82) is 0 Å². The molecule has 2 heterocycles. The number of aromatic nitrogens is 3. The molecule has 110 valence electrons. The molecule has 0 saturated heterocycles. The zero-order chi connectivity index (χ0) is 14.7. The number of rotatable bonds is 6. The standard InChI is InChI=1S/C14H20ClN3OS/c1-10-5-8-16-14-13(10)17-12(4-7-15)18(14)9-6-11(2)20(3)19/h5,8,11H,4,6-7,9H2,1-3H3. The second kappa shape index (κ2) is 6.68. The second-order valence-corrected chi connectivity index (χ2v) is 7.20. The molecule has 0 fully saturated rings. The van der Waals surface area contributed by atoms with Crippen LogP contribution in [0.4, 0.5) is 0 Å². The Kier molecular flexibility index (Phi) is 5.16. The topological polar surface area (TPSA) is 47.8 Å². The monoisotopic (exact) mass is 313 g/mol. The Balaban J connectivity index is 2.36. The lowest BCUT2D eigenvalue weighted by Gasteiger charge is -2.11. The summed E-state index contributed by atoms with van der Waals surface area (Å²) in [7, 11) is -0.801. The fraction of sp³-hybridized carbons (Fsp3) is 0.571. The first-order valence-corrected chi connectivity index (χ1v) is 8.89. The molecule has 0 saturated carbocycles. The molecule has 0 N–H and O–H groups in total. The van der Waals surface area contributed by atoms with Crippen molar-refractivity contribution >= 4 is 33.6 Å². The Morgan fingerprint density at radius 2 is 2.25 bits per heavy atom. The van der Waals surface area contributed by atoms with E-state index in [0.29, 0.717) is 5.88 Å². The fourth-order valence-electron chi connectivity index (χ4n) is 2.17. The normalized spacial score (nSPS) is 14.6. The summed E-state index contributed by atoms with van der Waals surface area (Å²) in [5.41, 5.74) is 2.97. The average Bonchev–Trinajstić information content (AvgIpc) is 2.76. The van der Waals surface area contributed by atoms with Gasteiger partial charge in [0, 0.05) is 47.3 Å². The summed E-state index contributed by atoms with van der Waals surface area (Å²) in [6, 6.07) is 1.97. The lowest BCUT2D eigenvalue weighted by atomic mass is 10.3. The molecule has 6 heteroatoms. The van der Waals surface area contributed by atoms with Gasteiger partial charge < -0.3 is 4.57 Å². The SMILES string of the molecule is Cc1ccnc2c1nc(CCCl)n2CCC(C)S(C)=O. The van der Waals surface area contributed by atoms with Crippen LogP contribution < -0.4 is 0 Å². The number of pyridine rings is 1. The molecule has 0 bridgehead atoms. The van der Waals surface area contributed by atoms with Crippen LogP contribution in [0.5, 0.6) is 0 Å². The van der Waals surface area contributed by atoms with Crippen molar-refractivity contribution in [2.24, 2.45) is 0 Å². The first kappa shape index (κ1) is 15.4. The van der Waals surface area contributed by atoms with Gasteiger partial charge in [-0.25, -0.2) is 9.97 Å². The molecular formula is C14H20ClN3OS. The van der Waals surface area contributed by atoms with E-state index in [1.54, 1.807) is 6.26 Å². The molecule has 2 aromatic heterocycles. The molecule has 0 radical (unpaired) electrons. The molecule has 0 aliphatic heterocycles. The van der Waals surface area contributed by atoms with Gasteiger partial charge in [-0.2, -0.15) is 0 Å². The van der Waals surface area contributed by atoms with Crippen LogP contribution in [0.1, 0.15) is 24.7 Å². The van der Waals surface area contributed by atoms with Gasteiger partial charge >= 0.3 is 0 Å². The Morgan fingerprint density at radius 3 is 2.90 bits per heavy atom. The van der Waals surface area contributed by atoms with Gasteiger partial charge in [-0.05, 0) is 25.0 Å². The maximum atomic E-state index is 11.5. The highest BCUT2D eigenvalue weighted by Crippen LogP contribution is 2.19. The van der Waals surface area contributed by atoms with E-state index in [0.717, 1.165) is 41.9 Å². The summed E-state index contributed by atoms with van der Waals surface area (Å²) in [5.74, 6) is 1.50. The largest absolute Gasteiger partial charge is 0.313 e. The molecule has 2 rings (SSSR count). The second-order valence-electron chi connectivity index (χ2n) is 5.02. The van der Waals surface area contributed by atoms with Gasteiger partial charge in [-0.3, -0.25) is 4.21 Å². The maximum Gasteiger partial charge on any atom is 0.160 e. The summed E-state index contributed by atoms with van der Waals surface area (Å²) < 4.78 is 13.6. The first-order valence-electron chi connectivity index (χ1n) is 6.73. The quantitative estimate of drug-likeness (QED) is 0.770. The summed E-state index contributed by atoms with van der Waals surface area (Å²) in [4.78, 5) is 9.11. The number of imidazole rings is 1.